The third kappa shape index (κ3) is 4.00. The summed E-state index contributed by atoms with van der Waals surface area (Å²) < 4.78 is 22.1. The molecule has 0 aliphatic rings. The Hall–Kier alpha value is -0.520. The van der Waals surface area contributed by atoms with Crippen LogP contribution in [-0.2, 0) is 11.4 Å². The second-order valence-electron chi connectivity index (χ2n) is 4.88. The van der Waals surface area contributed by atoms with Crippen molar-refractivity contribution in [3.8, 4) is 5.75 Å². The molecule has 0 unspecified atom stereocenters. The first-order chi connectivity index (χ1) is 8.25. The lowest BCUT2D eigenvalue weighted by Gasteiger charge is -2.19. The number of methoxy groups -OCH3 is 1. The summed E-state index contributed by atoms with van der Waals surface area (Å²) in [4.78, 5) is 0. The van der Waals surface area contributed by atoms with Crippen LogP contribution in [0.3, 0.4) is 0 Å². The molecular weight excluding hydrogens is 314 g/mol. The Kier molecular flexibility index (Phi) is 5.25. The zero-order chi connectivity index (χ0) is 13.9. The standard InChI is InChI=1S/C13H18BrNO2S/c1-9(15-18(16)13(2,3)4)11-7-6-10(14)8-12(11)17-5/h6-8H,1-5H3/b15-9+/t18-/m0/s1. The molecule has 5 heteroatoms. The van der Waals surface area contributed by atoms with E-state index in [2.05, 4.69) is 20.3 Å². The number of ether oxygens (including phenoxy) is 1. The molecule has 3 nitrogen and oxygen atoms in total. The van der Waals surface area contributed by atoms with Crippen LogP contribution in [-0.4, -0.2) is 22.1 Å². The van der Waals surface area contributed by atoms with Crippen LogP contribution >= 0.6 is 15.9 Å². The molecule has 1 rings (SSSR count). The largest absolute Gasteiger partial charge is 0.591 e. The zero-order valence-electron chi connectivity index (χ0n) is 11.3. The highest BCUT2D eigenvalue weighted by molar-refractivity contribution is 9.10. The summed E-state index contributed by atoms with van der Waals surface area (Å²) in [6, 6.07) is 5.69. The van der Waals surface area contributed by atoms with Gasteiger partial charge in [0.15, 0.2) is 0 Å². The van der Waals surface area contributed by atoms with Gasteiger partial charge in [0.05, 0.1) is 12.8 Å². The third-order valence-electron chi connectivity index (χ3n) is 2.30. The summed E-state index contributed by atoms with van der Waals surface area (Å²) in [5.74, 6) is 0.719. The van der Waals surface area contributed by atoms with E-state index < -0.39 is 11.4 Å². The highest BCUT2D eigenvalue weighted by atomic mass is 79.9. The van der Waals surface area contributed by atoms with Gasteiger partial charge in [0.2, 0.25) is 0 Å². The molecule has 0 saturated heterocycles. The summed E-state index contributed by atoms with van der Waals surface area (Å²) in [5, 5.41) is 0. The molecular formula is C13H18BrNO2S. The maximum Gasteiger partial charge on any atom is 0.144 e. The van der Waals surface area contributed by atoms with Gasteiger partial charge in [-0.3, -0.25) is 0 Å². The topological polar surface area (TPSA) is 44.6 Å². The van der Waals surface area contributed by atoms with Crippen molar-refractivity contribution < 1.29 is 9.29 Å². The Balaban J connectivity index is 3.11. The number of nitrogens with zero attached hydrogens (tertiary/aromatic N) is 1. The van der Waals surface area contributed by atoms with Crippen LogP contribution in [0.2, 0.25) is 0 Å². The first-order valence-corrected chi connectivity index (χ1v) is 7.47. The van der Waals surface area contributed by atoms with E-state index in [1.54, 1.807) is 7.11 Å². The van der Waals surface area contributed by atoms with Crippen LogP contribution in [0.5, 0.6) is 5.75 Å². The number of rotatable bonds is 3. The van der Waals surface area contributed by atoms with Crippen LogP contribution < -0.4 is 4.74 Å². The smallest absolute Gasteiger partial charge is 0.144 e. The number of hydrogen-bond acceptors (Lipinski definition) is 3. The zero-order valence-corrected chi connectivity index (χ0v) is 13.7. The minimum Gasteiger partial charge on any atom is -0.591 e. The maximum absolute atomic E-state index is 12.0. The average molecular weight is 332 g/mol. The van der Waals surface area contributed by atoms with E-state index >= 15 is 0 Å². The Bertz CT molecular complexity index is 455. The van der Waals surface area contributed by atoms with Gasteiger partial charge in [-0.15, -0.1) is 0 Å². The van der Waals surface area contributed by atoms with Crippen molar-refractivity contribution in [2.45, 2.75) is 32.4 Å². The van der Waals surface area contributed by atoms with E-state index in [0.717, 1.165) is 15.8 Å². The van der Waals surface area contributed by atoms with Gasteiger partial charge in [-0.25, -0.2) is 0 Å². The van der Waals surface area contributed by atoms with Crippen LogP contribution in [0.25, 0.3) is 0 Å². The molecule has 0 saturated carbocycles. The summed E-state index contributed by atoms with van der Waals surface area (Å²) in [6.45, 7) is 7.55. The first kappa shape index (κ1) is 15.5. The molecule has 0 amide bonds. The molecule has 1 atom stereocenters. The molecule has 0 aromatic heterocycles. The van der Waals surface area contributed by atoms with Gasteiger partial charge in [-0.2, -0.15) is 0 Å². The van der Waals surface area contributed by atoms with E-state index in [9.17, 15) is 4.55 Å². The number of hydrogen-bond donors (Lipinski definition) is 0. The lowest BCUT2D eigenvalue weighted by molar-refractivity contribution is 0.413. The van der Waals surface area contributed by atoms with Crippen LogP contribution in [0, 0.1) is 0 Å². The maximum atomic E-state index is 12.0. The molecule has 0 spiro atoms. The Labute approximate surface area is 120 Å². The quantitative estimate of drug-likeness (QED) is 0.625. The van der Waals surface area contributed by atoms with Gasteiger partial charge >= 0.3 is 0 Å². The van der Waals surface area contributed by atoms with Gasteiger partial charge in [0.25, 0.3) is 0 Å². The summed E-state index contributed by atoms with van der Waals surface area (Å²) in [7, 11) is 1.61. The monoisotopic (exact) mass is 331 g/mol. The highest BCUT2D eigenvalue weighted by Crippen LogP contribution is 2.25. The average Bonchev–Trinajstić information content (AvgIpc) is 2.27. The predicted octanol–water partition coefficient (Wildman–Crippen LogP) is 3.73. The van der Waals surface area contributed by atoms with Gasteiger partial charge in [0, 0.05) is 10.0 Å². The van der Waals surface area contributed by atoms with Gasteiger partial charge in [0.1, 0.15) is 21.9 Å². The van der Waals surface area contributed by atoms with Crippen molar-refractivity contribution in [2.75, 3.05) is 7.11 Å². The minimum absolute atomic E-state index is 0.357. The molecule has 0 fully saturated rings. The first-order valence-electron chi connectivity index (χ1n) is 5.57. The Morgan fingerprint density at radius 3 is 2.50 bits per heavy atom. The van der Waals surface area contributed by atoms with Crippen LogP contribution in [0.15, 0.2) is 27.1 Å². The summed E-state index contributed by atoms with van der Waals surface area (Å²) >= 11 is 2.13. The lowest BCUT2D eigenvalue weighted by Crippen LogP contribution is -2.26. The normalized spacial score (nSPS) is 14.5. The van der Waals surface area contributed by atoms with Gasteiger partial charge < -0.3 is 9.29 Å². The van der Waals surface area contributed by atoms with Crippen molar-refractivity contribution >= 4 is 33.0 Å². The van der Waals surface area contributed by atoms with Crippen molar-refractivity contribution in [3.05, 3.63) is 28.2 Å². The Morgan fingerprint density at radius 1 is 1.39 bits per heavy atom. The molecule has 0 bridgehead atoms. The van der Waals surface area contributed by atoms with E-state index in [0.29, 0.717) is 5.71 Å². The second-order valence-corrected chi connectivity index (χ2v) is 7.70. The molecule has 0 N–H and O–H groups in total. The fourth-order valence-corrected chi connectivity index (χ4v) is 2.24. The minimum atomic E-state index is -1.26. The summed E-state index contributed by atoms with van der Waals surface area (Å²) in [5.41, 5.74) is 1.57. The fourth-order valence-electron chi connectivity index (χ4n) is 1.27. The van der Waals surface area contributed by atoms with E-state index in [-0.39, 0.29) is 4.75 Å². The van der Waals surface area contributed by atoms with E-state index in [1.165, 1.54) is 0 Å². The fraction of sp³-hybridized carbons (Fsp3) is 0.462. The molecule has 18 heavy (non-hydrogen) atoms. The van der Waals surface area contributed by atoms with E-state index in [4.69, 9.17) is 4.74 Å². The molecule has 100 valence electrons. The van der Waals surface area contributed by atoms with Gasteiger partial charge in [-0.05, 0) is 45.9 Å². The molecule has 1 aromatic rings. The molecule has 0 radical (unpaired) electrons. The molecule has 0 heterocycles. The SMILES string of the molecule is COc1cc(Br)ccc1/C(C)=N/[S@@+]([O-])C(C)(C)C. The van der Waals surface area contributed by atoms with E-state index in [1.807, 2.05) is 45.9 Å². The van der Waals surface area contributed by atoms with Crippen molar-refractivity contribution in [1.29, 1.82) is 0 Å². The predicted molar refractivity (Wildman–Crippen MR) is 80.8 cm³/mol. The van der Waals surface area contributed by atoms with Crippen molar-refractivity contribution in [3.63, 3.8) is 0 Å². The van der Waals surface area contributed by atoms with Crippen LogP contribution in [0.4, 0.5) is 0 Å². The summed E-state index contributed by atoms with van der Waals surface area (Å²) in [6.07, 6.45) is 0. The third-order valence-corrected chi connectivity index (χ3v) is 4.28. The molecule has 0 aliphatic carbocycles. The number of halogens is 1. The van der Waals surface area contributed by atoms with Crippen LogP contribution in [0.1, 0.15) is 33.3 Å². The lowest BCUT2D eigenvalue weighted by atomic mass is 10.1. The number of benzene rings is 1. The molecule has 0 aliphatic heterocycles. The van der Waals surface area contributed by atoms with Crippen molar-refractivity contribution in [2.24, 2.45) is 4.40 Å². The second kappa shape index (κ2) is 6.08. The van der Waals surface area contributed by atoms with Gasteiger partial charge in [-0.1, -0.05) is 20.3 Å². The van der Waals surface area contributed by atoms with Crippen molar-refractivity contribution in [1.82, 2.24) is 0 Å². The highest BCUT2D eigenvalue weighted by Gasteiger charge is 2.27. The Morgan fingerprint density at radius 2 is 2.00 bits per heavy atom. The molecule has 1 aromatic carbocycles.